The number of pyridine rings is 1. The zero-order valence-electron chi connectivity index (χ0n) is 15.3. The lowest BCUT2D eigenvalue weighted by Gasteiger charge is -2.12. The molecule has 9 nitrogen and oxygen atoms in total. The quantitative estimate of drug-likeness (QED) is 0.442. The average molecular weight is 415 g/mol. The van der Waals surface area contributed by atoms with Crippen LogP contribution in [0.4, 0.5) is 11.4 Å². The van der Waals surface area contributed by atoms with Crippen LogP contribution in [0.15, 0.2) is 71.8 Å². The predicted octanol–water partition coefficient (Wildman–Crippen LogP) is 3.38. The van der Waals surface area contributed by atoms with Crippen LogP contribution in [0.5, 0.6) is 11.5 Å². The van der Waals surface area contributed by atoms with Crippen LogP contribution in [0.1, 0.15) is 5.69 Å². The van der Waals surface area contributed by atoms with Crippen molar-refractivity contribution in [1.29, 1.82) is 0 Å². The molecule has 0 atom stereocenters. The Hall–Kier alpha value is -3.66. The fourth-order valence-electron chi connectivity index (χ4n) is 2.49. The van der Waals surface area contributed by atoms with Crippen LogP contribution in [-0.4, -0.2) is 25.4 Å². The third kappa shape index (κ3) is 4.99. The van der Waals surface area contributed by atoms with Crippen LogP contribution in [0.2, 0.25) is 0 Å². The standard InChI is InChI=1S/C19H17N3O6S/c1-27-18-9-8-16(22(23)24)12-19(18)29(25,26)21-14-6-4-7-17(11-14)28-13-15-5-2-3-10-20-15/h2-12,21H,13H2,1H3. The molecule has 0 saturated heterocycles. The van der Waals surface area contributed by atoms with E-state index in [2.05, 4.69) is 9.71 Å². The largest absolute Gasteiger partial charge is 0.495 e. The minimum atomic E-state index is -4.14. The van der Waals surface area contributed by atoms with Gasteiger partial charge < -0.3 is 9.47 Å². The van der Waals surface area contributed by atoms with E-state index in [-0.39, 0.29) is 28.6 Å². The topological polar surface area (TPSA) is 121 Å². The van der Waals surface area contributed by atoms with E-state index in [1.54, 1.807) is 30.5 Å². The van der Waals surface area contributed by atoms with E-state index in [0.717, 1.165) is 11.8 Å². The summed E-state index contributed by atoms with van der Waals surface area (Å²) < 4.78 is 38.6. The second-order valence-electron chi connectivity index (χ2n) is 5.84. The number of nitrogens with zero attached hydrogens (tertiary/aromatic N) is 2. The summed E-state index contributed by atoms with van der Waals surface area (Å²) in [6.45, 7) is 0.218. The molecule has 0 aliphatic carbocycles. The first-order valence-corrected chi connectivity index (χ1v) is 9.85. The number of sulfonamides is 1. The van der Waals surface area contributed by atoms with Crippen molar-refractivity contribution >= 4 is 21.4 Å². The maximum absolute atomic E-state index is 12.8. The van der Waals surface area contributed by atoms with Gasteiger partial charge in [-0.05, 0) is 30.3 Å². The Morgan fingerprint density at radius 1 is 1.10 bits per heavy atom. The molecule has 3 rings (SSSR count). The molecule has 0 aliphatic heterocycles. The molecular weight excluding hydrogens is 398 g/mol. The molecule has 0 spiro atoms. The predicted molar refractivity (Wildman–Crippen MR) is 105 cm³/mol. The van der Waals surface area contributed by atoms with E-state index in [1.165, 1.54) is 31.4 Å². The van der Waals surface area contributed by atoms with Gasteiger partial charge >= 0.3 is 0 Å². The molecule has 2 aromatic carbocycles. The molecule has 0 unspecified atom stereocenters. The molecule has 0 amide bonds. The number of nitro benzene ring substituents is 1. The van der Waals surface area contributed by atoms with Gasteiger partial charge in [0, 0.05) is 24.4 Å². The Labute approximate surface area is 167 Å². The number of ether oxygens (including phenoxy) is 2. The van der Waals surface area contributed by atoms with Gasteiger partial charge in [0.1, 0.15) is 23.0 Å². The van der Waals surface area contributed by atoms with Crippen molar-refractivity contribution in [2.45, 2.75) is 11.5 Å². The highest BCUT2D eigenvalue weighted by Gasteiger charge is 2.23. The fourth-order valence-corrected chi connectivity index (χ4v) is 3.73. The summed E-state index contributed by atoms with van der Waals surface area (Å²) in [5, 5.41) is 11.0. The normalized spacial score (nSPS) is 10.9. The number of anilines is 1. The van der Waals surface area contributed by atoms with E-state index < -0.39 is 14.9 Å². The summed E-state index contributed by atoms with van der Waals surface area (Å²) in [6, 6.07) is 15.1. The van der Waals surface area contributed by atoms with Gasteiger partial charge in [-0.2, -0.15) is 0 Å². The van der Waals surface area contributed by atoms with Crippen LogP contribution in [0.25, 0.3) is 0 Å². The fraction of sp³-hybridized carbons (Fsp3) is 0.105. The molecule has 0 fully saturated rings. The third-order valence-electron chi connectivity index (χ3n) is 3.85. The monoisotopic (exact) mass is 415 g/mol. The first-order valence-electron chi connectivity index (χ1n) is 8.37. The van der Waals surface area contributed by atoms with Crippen LogP contribution in [0.3, 0.4) is 0 Å². The Kier molecular flexibility index (Phi) is 5.93. The summed E-state index contributed by atoms with van der Waals surface area (Å²) in [5.74, 6) is 0.424. The van der Waals surface area contributed by atoms with Gasteiger partial charge in [-0.3, -0.25) is 19.8 Å². The first-order chi connectivity index (χ1) is 13.9. The molecule has 0 saturated carbocycles. The van der Waals surface area contributed by atoms with E-state index >= 15 is 0 Å². The highest BCUT2D eigenvalue weighted by molar-refractivity contribution is 7.92. The number of aromatic nitrogens is 1. The van der Waals surface area contributed by atoms with Crippen molar-refractivity contribution in [2.75, 3.05) is 11.8 Å². The van der Waals surface area contributed by atoms with Crippen LogP contribution in [0, 0.1) is 10.1 Å². The summed E-state index contributed by atoms with van der Waals surface area (Å²) >= 11 is 0. The van der Waals surface area contributed by atoms with Crippen molar-refractivity contribution in [3.63, 3.8) is 0 Å². The molecule has 0 radical (unpaired) electrons. The number of rotatable bonds is 8. The minimum absolute atomic E-state index is 0.00865. The first kappa shape index (κ1) is 20.1. The van der Waals surface area contributed by atoms with E-state index in [1.807, 2.05) is 6.07 Å². The second kappa shape index (κ2) is 8.57. The maximum atomic E-state index is 12.8. The highest BCUT2D eigenvalue weighted by atomic mass is 32.2. The van der Waals surface area contributed by atoms with E-state index in [9.17, 15) is 18.5 Å². The average Bonchev–Trinajstić information content (AvgIpc) is 2.72. The molecule has 3 aromatic rings. The maximum Gasteiger partial charge on any atom is 0.271 e. The lowest BCUT2D eigenvalue weighted by Crippen LogP contribution is -2.14. The van der Waals surface area contributed by atoms with Gasteiger partial charge in [-0.15, -0.1) is 0 Å². The molecule has 1 heterocycles. The summed E-state index contributed by atoms with van der Waals surface area (Å²) in [5.41, 5.74) is 0.593. The zero-order valence-corrected chi connectivity index (χ0v) is 16.1. The van der Waals surface area contributed by atoms with E-state index in [4.69, 9.17) is 9.47 Å². The molecule has 0 aliphatic rings. The lowest BCUT2D eigenvalue weighted by molar-refractivity contribution is -0.385. The number of methoxy groups -OCH3 is 1. The van der Waals surface area contributed by atoms with Gasteiger partial charge in [0.15, 0.2) is 0 Å². The van der Waals surface area contributed by atoms with E-state index in [0.29, 0.717) is 5.75 Å². The van der Waals surface area contributed by atoms with Gasteiger partial charge in [0.2, 0.25) is 0 Å². The molecule has 1 N–H and O–H groups in total. The smallest absolute Gasteiger partial charge is 0.271 e. The van der Waals surface area contributed by atoms with Crippen LogP contribution < -0.4 is 14.2 Å². The highest BCUT2D eigenvalue weighted by Crippen LogP contribution is 2.30. The third-order valence-corrected chi connectivity index (χ3v) is 5.25. The summed E-state index contributed by atoms with van der Waals surface area (Å²) in [6.07, 6.45) is 1.65. The Bertz CT molecular complexity index is 1120. The SMILES string of the molecule is COc1ccc([N+](=O)[O-])cc1S(=O)(=O)Nc1cccc(OCc2ccccn2)c1. The van der Waals surface area contributed by atoms with Gasteiger partial charge in [0.05, 0.1) is 23.4 Å². The number of hydrogen-bond acceptors (Lipinski definition) is 7. The zero-order chi connectivity index (χ0) is 20.9. The second-order valence-corrected chi connectivity index (χ2v) is 7.49. The molecule has 29 heavy (non-hydrogen) atoms. The minimum Gasteiger partial charge on any atom is -0.495 e. The number of benzene rings is 2. The van der Waals surface area contributed by atoms with Crippen molar-refractivity contribution in [2.24, 2.45) is 0 Å². The molecule has 1 aromatic heterocycles. The Morgan fingerprint density at radius 2 is 1.93 bits per heavy atom. The number of nitrogens with one attached hydrogen (secondary N) is 1. The van der Waals surface area contributed by atoms with Crippen LogP contribution >= 0.6 is 0 Å². The number of non-ortho nitro benzene ring substituents is 1. The molecule has 10 heteroatoms. The Balaban J connectivity index is 1.82. The molecule has 150 valence electrons. The molecular formula is C19H17N3O6S. The molecule has 0 bridgehead atoms. The van der Waals surface area contributed by atoms with Gasteiger partial charge in [0.25, 0.3) is 15.7 Å². The van der Waals surface area contributed by atoms with Crippen molar-refractivity contribution in [1.82, 2.24) is 4.98 Å². The Morgan fingerprint density at radius 3 is 2.62 bits per heavy atom. The van der Waals surface area contributed by atoms with Crippen molar-refractivity contribution in [3.8, 4) is 11.5 Å². The number of nitro groups is 1. The van der Waals surface area contributed by atoms with Crippen LogP contribution in [-0.2, 0) is 16.6 Å². The summed E-state index contributed by atoms with van der Waals surface area (Å²) in [4.78, 5) is 14.1. The van der Waals surface area contributed by atoms with Crippen molar-refractivity contribution in [3.05, 3.63) is 82.7 Å². The van der Waals surface area contributed by atoms with Crippen molar-refractivity contribution < 1.29 is 22.8 Å². The van der Waals surface area contributed by atoms with Gasteiger partial charge in [-0.1, -0.05) is 12.1 Å². The number of hydrogen-bond donors (Lipinski definition) is 1. The summed E-state index contributed by atoms with van der Waals surface area (Å²) in [7, 11) is -2.86. The van der Waals surface area contributed by atoms with Gasteiger partial charge in [-0.25, -0.2) is 8.42 Å². The lowest BCUT2D eigenvalue weighted by atomic mass is 10.3.